The van der Waals surface area contributed by atoms with Crippen LogP contribution in [0.25, 0.3) is 0 Å². The Hall–Kier alpha value is -2.40. The van der Waals surface area contributed by atoms with Gasteiger partial charge in [-0.2, -0.15) is 0 Å². The molecule has 0 N–H and O–H groups in total. The number of rotatable bonds is 1. The number of ether oxygens (including phenoxy) is 3. The quantitative estimate of drug-likeness (QED) is 0.794. The van der Waals surface area contributed by atoms with Crippen LogP contribution in [0.4, 0.5) is 5.69 Å². The van der Waals surface area contributed by atoms with Crippen molar-refractivity contribution in [3.63, 3.8) is 0 Å². The van der Waals surface area contributed by atoms with Crippen LogP contribution in [-0.2, 0) is 11.3 Å². The summed E-state index contributed by atoms with van der Waals surface area (Å²) in [6, 6.07) is 10.9. The van der Waals surface area contributed by atoms with Gasteiger partial charge in [-0.05, 0) is 37.3 Å². The van der Waals surface area contributed by atoms with Gasteiger partial charge in [0.05, 0.1) is 6.54 Å². The molecule has 1 atom stereocenters. The Morgan fingerprint density at radius 2 is 1.79 bits per heavy atom. The van der Waals surface area contributed by atoms with Gasteiger partial charge in [-0.3, -0.25) is 4.79 Å². The molecular formula is C18H16ClNO4. The molecular weight excluding hydrogens is 330 g/mol. The van der Waals surface area contributed by atoms with Crippen LogP contribution >= 0.6 is 11.6 Å². The molecule has 0 saturated heterocycles. The van der Waals surface area contributed by atoms with E-state index in [1.165, 1.54) is 0 Å². The van der Waals surface area contributed by atoms with Gasteiger partial charge in [0.15, 0.2) is 17.6 Å². The topological polar surface area (TPSA) is 48.0 Å². The lowest BCUT2D eigenvalue weighted by atomic mass is 10.1. The predicted molar refractivity (Wildman–Crippen MR) is 90.2 cm³/mol. The summed E-state index contributed by atoms with van der Waals surface area (Å²) in [5.41, 5.74) is 1.61. The fourth-order valence-electron chi connectivity index (χ4n) is 2.91. The molecule has 5 nitrogen and oxygen atoms in total. The van der Waals surface area contributed by atoms with E-state index in [2.05, 4.69) is 0 Å². The summed E-state index contributed by atoms with van der Waals surface area (Å²) in [5.74, 6) is 1.91. The van der Waals surface area contributed by atoms with E-state index in [0.717, 1.165) is 11.3 Å². The lowest BCUT2D eigenvalue weighted by Gasteiger charge is -2.25. The van der Waals surface area contributed by atoms with Crippen LogP contribution in [0.3, 0.4) is 0 Å². The number of fused-ring (bicyclic) bond motifs is 2. The Morgan fingerprint density at radius 1 is 1.04 bits per heavy atom. The standard InChI is InChI=1S/C18H16ClNO4/c1-11-18(21)20(10-12-8-13(19)2-4-15(12)24-11)14-3-5-16-17(9-14)23-7-6-22-16/h2-5,8-9,11H,6-7,10H2,1H3/t11-/m0/s1. The molecule has 0 saturated carbocycles. The summed E-state index contributed by atoms with van der Waals surface area (Å²) < 4.78 is 16.9. The molecule has 0 aromatic heterocycles. The Morgan fingerprint density at radius 3 is 2.62 bits per heavy atom. The number of nitrogens with zero attached hydrogens (tertiary/aromatic N) is 1. The first-order chi connectivity index (χ1) is 11.6. The molecule has 0 fully saturated rings. The van der Waals surface area contributed by atoms with Gasteiger partial charge in [-0.15, -0.1) is 0 Å². The lowest BCUT2D eigenvalue weighted by molar-refractivity contribution is -0.124. The molecule has 0 spiro atoms. The van der Waals surface area contributed by atoms with Gasteiger partial charge in [-0.25, -0.2) is 0 Å². The number of benzene rings is 2. The molecule has 0 aliphatic carbocycles. The first-order valence-corrected chi connectivity index (χ1v) is 8.16. The average Bonchev–Trinajstić information content (AvgIpc) is 2.72. The molecule has 0 unspecified atom stereocenters. The number of anilines is 1. The first kappa shape index (κ1) is 15.1. The molecule has 124 valence electrons. The number of carbonyl (C=O) groups excluding carboxylic acids is 1. The molecule has 2 aliphatic heterocycles. The number of carbonyl (C=O) groups is 1. The summed E-state index contributed by atoms with van der Waals surface area (Å²) in [7, 11) is 0. The van der Waals surface area contributed by atoms with Gasteiger partial charge < -0.3 is 19.1 Å². The van der Waals surface area contributed by atoms with E-state index in [0.29, 0.717) is 42.0 Å². The molecule has 0 bridgehead atoms. The Kier molecular flexibility index (Phi) is 3.73. The zero-order chi connectivity index (χ0) is 16.7. The number of hydrogen-bond acceptors (Lipinski definition) is 4. The van der Waals surface area contributed by atoms with E-state index in [1.807, 2.05) is 24.3 Å². The van der Waals surface area contributed by atoms with Crippen LogP contribution in [0.15, 0.2) is 36.4 Å². The van der Waals surface area contributed by atoms with Crippen molar-refractivity contribution in [1.82, 2.24) is 0 Å². The molecule has 6 heteroatoms. The van der Waals surface area contributed by atoms with Crippen molar-refractivity contribution in [2.75, 3.05) is 18.1 Å². The van der Waals surface area contributed by atoms with E-state index in [1.54, 1.807) is 24.0 Å². The summed E-state index contributed by atoms with van der Waals surface area (Å²) in [6.07, 6.45) is -0.583. The zero-order valence-electron chi connectivity index (χ0n) is 13.1. The lowest BCUT2D eigenvalue weighted by Crippen LogP contribution is -2.38. The van der Waals surface area contributed by atoms with Crippen molar-refractivity contribution in [3.8, 4) is 17.2 Å². The van der Waals surface area contributed by atoms with Crippen molar-refractivity contribution < 1.29 is 19.0 Å². The zero-order valence-corrected chi connectivity index (χ0v) is 13.9. The highest BCUT2D eigenvalue weighted by Crippen LogP contribution is 2.36. The van der Waals surface area contributed by atoms with Crippen LogP contribution in [-0.4, -0.2) is 25.2 Å². The molecule has 4 rings (SSSR count). The third-order valence-corrected chi connectivity index (χ3v) is 4.34. The second-order valence-corrected chi connectivity index (χ2v) is 6.20. The highest BCUT2D eigenvalue weighted by atomic mass is 35.5. The van der Waals surface area contributed by atoms with Crippen molar-refractivity contribution >= 4 is 23.2 Å². The predicted octanol–water partition coefficient (Wildman–Crippen LogP) is 3.43. The minimum atomic E-state index is -0.583. The molecule has 2 heterocycles. The maximum atomic E-state index is 12.8. The maximum Gasteiger partial charge on any atom is 0.268 e. The monoisotopic (exact) mass is 345 g/mol. The number of hydrogen-bond donors (Lipinski definition) is 0. The van der Waals surface area contributed by atoms with Crippen LogP contribution in [0.1, 0.15) is 12.5 Å². The van der Waals surface area contributed by atoms with Gasteiger partial charge in [0.2, 0.25) is 0 Å². The normalized spacial score (nSPS) is 19.3. The first-order valence-electron chi connectivity index (χ1n) is 7.78. The van der Waals surface area contributed by atoms with Crippen molar-refractivity contribution in [2.24, 2.45) is 0 Å². The van der Waals surface area contributed by atoms with E-state index in [4.69, 9.17) is 25.8 Å². The van der Waals surface area contributed by atoms with E-state index < -0.39 is 6.10 Å². The molecule has 1 amide bonds. The van der Waals surface area contributed by atoms with Crippen LogP contribution in [0, 0.1) is 0 Å². The fraction of sp³-hybridized carbons (Fsp3) is 0.278. The van der Waals surface area contributed by atoms with Crippen molar-refractivity contribution in [2.45, 2.75) is 19.6 Å². The molecule has 0 radical (unpaired) electrons. The van der Waals surface area contributed by atoms with Gasteiger partial charge >= 0.3 is 0 Å². The molecule has 2 aromatic carbocycles. The summed E-state index contributed by atoms with van der Waals surface area (Å²) in [4.78, 5) is 14.4. The fourth-order valence-corrected chi connectivity index (χ4v) is 3.11. The van der Waals surface area contributed by atoms with E-state index in [9.17, 15) is 4.79 Å². The minimum Gasteiger partial charge on any atom is -0.486 e. The van der Waals surface area contributed by atoms with Gasteiger partial charge in [0.1, 0.15) is 19.0 Å². The average molecular weight is 346 g/mol. The van der Waals surface area contributed by atoms with Gasteiger partial charge in [0, 0.05) is 22.3 Å². The van der Waals surface area contributed by atoms with E-state index in [-0.39, 0.29) is 5.91 Å². The van der Waals surface area contributed by atoms with Crippen LogP contribution in [0.2, 0.25) is 5.02 Å². The summed E-state index contributed by atoms with van der Waals surface area (Å²) in [5, 5.41) is 0.612. The van der Waals surface area contributed by atoms with E-state index >= 15 is 0 Å². The third kappa shape index (κ3) is 2.65. The molecule has 2 aromatic rings. The Bertz CT molecular complexity index is 808. The van der Waals surface area contributed by atoms with Gasteiger partial charge in [-0.1, -0.05) is 11.6 Å². The molecule has 24 heavy (non-hydrogen) atoms. The van der Waals surface area contributed by atoms with Crippen LogP contribution < -0.4 is 19.1 Å². The third-order valence-electron chi connectivity index (χ3n) is 4.11. The largest absolute Gasteiger partial charge is 0.486 e. The Balaban J connectivity index is 1.74. The number of halogens is 1. The second-order valence-electron chi connectivity index (χ2n) is 5.76. The maximum absolute atomic E-state index is 12.8. The summed E-state index contributed by atoms with van der Waals surface area (Å²) >= 11 is 6.10. The summed E-state index contributed by atoms with van der Waals surface area (Å²) in [6.45, 7) is 3.17. The van der Waals surface area contributed by atoms with Gasteiger partial charge in [0.25, 0.3) is 5.91 Å². The highest BCUT2D eigenvalue weighted by molar-refractivity contribution is 6.30. The smallest absolute Gasteiger partial charge is 0.268 e. The highest BCUT2D eigenvalue weighted by Gasteiger charge is 2.29. The van der Waals surface area contributed by atoms with Crippen molar-refractivity contribution in [1.29, 1.82) is 0 Å². The molecule has 2 aliphatic rings. The Labute approximate surface area is 144 Å². The number of amides is 1. The van der Waals surface area contributed by atoms with Crippen molar-refractivity contribution in [3.05, 3.63) is 47.0 Å². The van der Waals surface area contributed by atoms with Crippen LogP contribution in [0.5, 0.6) is 17.2 Å². The minimum absolute atomic E-state index is 0.112. The second kappa shape index (κ2) is 5.91. The SMILES string of the molecule is C[C@@H]1Oc2ccc(Cl)cc2CN(c2ccc3c(c2)OCCO3)C1=O.